The molecule has 0 saturated carbocycles. The molecule has 0 radical (unpaired) electrons. The molecule has 0 aliphatic heterocycles. The van der Waals surface area contributed by atoms with Crippen LogP contribution in [0.3, 0.4) is 0 Å². The molecular formula is C13H16IN3OS. The zero-order chi connectivity index (χ0) is 13.7. The van der Waals surface area contributed by atoms with Crippen LogP contribution in [0.5, 0.6) is 0 Å². The van der Waals surface area contributed by atoms with Crippen LogP contribution in [0.4, 0.5) is 0 Å². The van der Waals surface area contributed by atoms with E-state index in [9.17, 15) is 4.79 Å². The van der Waals surface area contributed by atoms with Crippen LogP contribution in [-0.2, 0) is 13.0 Å². The minimum absolute atomic E-state index is 0.0488. The Balaban J connectivity index is 1.80. The molecule has 0 fully saturated rings. The summed E-state index contributed by atoms with van der Waals surface area (Å²) in [5.41, 5.74) is 1.41. The van der Waals surface area contributed by atoms with Crippen molar-refractivity contribution in [2.75, 3.05) is 13.1 Å². The molecule has 2 heterocycles. The molecule has 0 saturated heterocycles. The van der Waals surface area contributed by atoms with Crippen molar-refractivity contribution in [3.8, 4) is 0 Å². The van der Waals surface area contributed by atoms with Crippen LogP contribution >= 0.6 is 33.9 Å². The molecule has 2 rings (SSSR count). The van der Waals surface area contributed by atoms with Crippen LogP contribution < -0.4 is 10.9 Å². The first-order valence-electron chi connectivity index (χ1n) is 6.12. The summed E-state index contributed by atoms with van der Waals surface area (Å²) in [6, 6.07) is 2.14. The lowest BCUT2D eigenvalue weighted by atomic mass is 10.2. The van der Waals surface area contributed by atoms with E-state index in [1.165, 1.54) is 5.56 Å². The molecule has 102 valence electrons. The molecular weight excluding hydrogens is 373 g/mol. The number of hydrogen-bond donors (Lipinski definition) is 1. The van der Waals surface area contributed by atoms with Crippen LogP contribution in [0.1, 0.15) is 11.4 Å². The average molecular weight is 389 g/mol. The fourth-order valence-electron chi connectivity index (χ4n) is 1.80. The maximum absolute atomic E-state index is 11.9. The van der Waals surface area contributed by atoms with E-state index in [-0.39, 0.29) is 5.56 Å². The molecule has 0 amide bonds. The van der Waals surface area contributed by atoms with Crippen molar-refractivity contribution in [2.45, 2.75) is 19.9 Å². The van der Waals surface area contributed by atoms with Crippen molar-refractivity contribution < 1.29 is 0 Å². The molecule has 6 heteroatoms. The van der Waals surface area contributed by atoms with Gasteiger partial charge < -0.3 is 5.32 Å². The first kappa shape index (κ1) is 14.7. The third-order valence-electron chi connectivity index (χ3n) is 2.89. The molecule has 0 spiro atoms. The maximum atomic E-state index is 11.9. The Bertz CT molecular complexity index is 580. The fraction of sp³-hybridized carbons (Fsp3) is 0.385. The minimum atomic E-state index is 0.0488. The maximum Gasteiger partial charge on any atom is 0.266 e. The molecule has 2 aromatic heterocycles. The number of aromatic nitrogens is 2. The average Bonchev–Trinajstić information content (AvgIpc) is 2.90. The SMILES string of the molecule is Cc1ncc(I)c(=O)n1CCNCCc1ccsc1. The van der Waals surface area contributed by atoms with Gasteiger partial charge in [0.05, 0.1) is 3.57 Å². The number of nitrogens with one attached hydrogen (secondary N) is 1. The summed E-state index contributed by atoms with van der Waals surface area (Å²) in [6.07, 6.45) is 2.65. The summed E-state index contributed by atoms with van der Waals surface area (Å²) in [6.45, 7) is 4.25. The van der Waals surface area contributed by atoms with E-state index in [1.54, 1.807) is 22.1 Å². The summed E-state index contributed by atoms with van der Waals surface area (Å²) in [5, 5.41) is 7.62. The highest BCUT2D eigenvalue weighted by Gasteiger charge is 2.04. The lowest BCUT2D eigenvalue weighted by molar-refractivity contribution is 0.565. The van der Waals surface area contributed by atoms with Crippen LogP contribution in [0, 0.1) is 10.5 Å². The summed E-state index contributed by atoms with van der Waals surface area (Å²) in [5.74, 6) is 0.769. The molecule has 0 bridgehead atoms. The van der Waals surface area contributed by atoms with Crippen molar-refractivity contribution in [3.63, 3.8) is 0 Å². The lowest BCUT2D eigenvalue weighted by Crippen LogP contribution is -2.31. The number of hydrogen-bond acceptors (Lipinski definition) is 4. The van der Waals surface area contributed by atoms with Crippen molar-refractivity contribution in [3.05, 3.63) is 48.3 Å². The van der Waals surface area contributed by atoms with E-state index >= 15 is 0 Å². The number of thiophene rings is 1. The largest absolute Gasteiger partial charge is 0.315 e. The van der Waals surface area contributed by atoms with Crippen LogP contribution in [-0.4, -0.2) is 22.6 Å². The normalized spacial score (nSPS) is 10.8. The Kier molecular flexibility index (Phi) is 5.53. The van der Waals surface area contributed by atoms with Gasteiger partial charge in [0.1, 0.15) is 5.82 Å². The van der Waals surface area contributed by atoms with Crippen LogP contribution in [0.15, 0.2) is 27.8 Å². The monoisotopic (exact) mass is 389 g/mol. The van der Waals surface area contributed by atoms with Gasteiger partial charge in [-0.05, 0) is 64.9 Å². The lowest BCUT2D eigenvalue weighted by Gasteiger charge is -2.10. The molecule has 0 atom stereocenters. The van der Waals surface area contributed by atoms with E-state index in [1.807, 2.05) is 29.5 Å². The van der Waals surface area contributed by atoms with Crippen molar-refractivity contribution in [1.29, 1.82) is 0 Å². The van der Waals surface area contributed by atoms with E-state index in [0.717, 1.165) is 25.3 Å². The van der Waals surface area contributed by atoms with Gasteiger partial charge in [0.2, 0.25) is 0 Å². The summed E-state index contributed by atoms with van der Waals surface area (Å²) >= 11 is 3.75. The Morgan fingerprint density at radius 1 is 1.47 bits per heavy atom. The Labute approximate surface area is 130 Å². The summed E-state index contributed by atoms with van der Waals surface area (Å²) in [4.78, 5) is 16.1. The third kappa shape index (κ3) is 4.12. The van der Waals surface area contributed by atoms with Gasteiger partial charge in [0.15, 0.2) is 0 Å². The van der Waals surface area contributed by atoms with Gasteiger partial charge in [0.25, 0.3) is 5.56 Å². The Morgan fingerprint density at radius 2 is 2.32 bits per heavy atom. The number of halogens is 1. The molecule has 4 nitrogen and oxygen atoms in total. The van der Waals surface area contributed by atoms with Gasteiger partial charge in [-0.15, -0.1) is 0 Å². The van der Waals surface area contributed by atoms with E-state index in [4.69, 9.17) is 0 Å². The number of rotatable bonds is 6. The second-order valence-corrected chi connectivity index (χ2v) is 6.18. The predicted octanol–water partition coefficient (Wildman–Crippen LogP) is 2.05. The fourth-order valence-corrected chi connectivity index (χ4v) is 2.93. The molecule has 0 aliphatic carbocycles. The topological polar surface area (TPSA) is 46.9 Å². The molecule has 0 aromatic carbocycles. The highest BCUT2D eigenvalue weighted by molar-refractivity contribution is 14.1. The van der Waals surface area contributed by atoms with E-state index < -0.39 is 0 Å². The number of nitrogens with zero attached hydrogens (tertiary/aromatic N) is 2. The van der Waals surface area contributed by atoms with Crippen molar-refractivity contribution in [2.24, 2.45) is 0 Å². The van der Waals surface area contributed by atoms with Gasteiger partial charge >= 0.3 is 0 Å². The summed E-state index contributed by atoms with van der Waals surface area (Å²) < 4.78 is 2.39. The first-order valence-corrected chi connectivity index (χ1v) is 8.14. The molecule has 0 aliphatic rings. The highest BCUT2D eigenvalue weighted by Crippen LogP contribution is 2.05. The number of aryl methyl sites for hydroxylation is 1. The van der Waals surface area contributed by atoms with Crippen molar-refractivity contribution >= 4 is 33.9 Å². The van der Waals surface area contributed by atoms with Gasteiger partial charge in [-0.1, -0.05) is 0 Å². The first-order chi connectivity index (χ1) is 9.18. The zero-order valence-corrected chi connectivity index (χ0v) is 13.7. The zero-order valence-electron chi connectivity index (χ0n) is 10.7. The van der Waals surface area contributed by atoms with E-state index in [0.29, 0.717) is 10.1 Å². The molecule has 19 heavy (non-hydrogen) atoms. The van der Waals surface area contributed by atoms with Gasteiger partial charge in [-0.2, -0.15) is 11.3 Å². The molecule has 1 N–H and O–H groups in total. The smallest absolute Gasteiger partial charge is 0.266 e. The Hall–Kier alpha value is -0.730. The van der Waals surface area contributed by atoms with Crippen LogP contribution in [0.25, 0.3) is 0 Å². The second-order valence-electron chi connectivity index (χ2n) is 4.24. The van der Waals surface area contributed by atoms with Gasteiger partial charge in [-0.25, -0.2) is 4.98 Å². The van der Waals surface area contributed by atoms with Gasteiger partial charge in [-0.3, -0.25) is 9.36 Å². The molecule has 0 unspecified atom stereocenters. The Morgan fingerprint density at radius 3 is 3.05 bits per heavy atom. The second kappa shape index (κ2) is 7.16. The highest BCUT2D eigenvalue weighted by atomic mass is 127. The molecule has 2 aromatic rings. The third-order valence-corrected chi connectivity index (χ3v) is 4.36. The van der Waals surface area contributed by atoms with Crippen molar-refractivity contribution in [1.82, 2.24) is 14.9 Å². The quantitative estimate of drug-likeness (QED) is 0.608. The minimum Gasteiger partial charge on any atom is -0.315 e. The standard InChI is InChI=1S/C13H16IN3OS/c1-10-16-8-12(14)13(18)17(10)6-5-15-4-2-11-3-7-19-9-11/h3,7-9,15H,2,4-6H2,1H3. The van der Waals surface area contributed by atoms with E-state index in [2.05, 4.69) is 27.1 Å². The summed E-state index contributed by atoms with van der Waals surface area (Å²) in [7, 11) is 0. The van der Waals surface area contributed by atoms with Gasteiger partial charge in [0, 0.05) is 19.3 Å². The van der Waals surface area contributed by atoms with Crippen LogP contribution in [0.2, 0.25) is 0 Å². The predicted molar refractivity (Wildman–Crippen MR) is 86.8 cm³/mol.